The average Bonchev–Trinajstić information content (AvgIpc) is 2.63. The molecule has 0 aliphatic carbocycles. The second-order valence-corrected chi connectivity index (χ2v) is 6.45. The zero-order valence-corrected chi connectivity index (χ0v) is 15.0. The van der Waals surface area contributed by atoms with E-state index in [4.69, 9.17) is 9.47 Å². The molecule has 2 aromatic rings. The van der Waals surface area contributed by atoms with Gasteiger partial charge in [-0.2, -0.15) is 0 Å². The molecule has 6 heteroatoms. The second kappa shape index (κ2) is 10.6. The van der Waals surface area contributed by atoms with Gasteiger partial charge in [0.05, 0.1) is 20.1 Å². The summed E-state index contributed by atoms with van der Waals surface area (Å²) in [6.07, 6.45) is 1.17. The Labute approximate surface area is 151 Å². The van der Waals surface area contributed by atoms with Gasteiger partial charge >= 0.3 is 0 Å². The molecule has 0 spiro atoms. The topological polar surface area (TPSA) is 47.6 Å². The smallest absolute Gasteiger partial charge is 0.223 e. The molecular weight excluding hydrogens is 341 g/mol. The highest BCUT2D eigenvalue weighted by atomic mass is 32.2. The molecule has 2 aromatic carbocycles. The number of amides is 1. The number of methoxy groups -OCH3 is 1. The van der Waals surface area contributed by atoms with Gasteiger partial charge in [-0.25, -0.2) is 4.39 Å². The zero-order chi connectivity index (χ0) is 17.9. The van der Waals surface area contributed by atoms with E-state index in [1.807, 2.05) is 24.3 Å². The van der Waals surface area contributed by atoms with Crippen molar-refractivity contribution in [2.45, 2.75) is 17.7 Å². The predicted octanol–water partition coefficient (Wildman–Crippen LogP) is 3.90. The van der Waals surface area contributed by atoms with Crippen molar-refractivity contribution in [1.29, 1.82) is 0 Å². The quantitative estimate of drug-likeness (QED) is 0.514. The maximum Gasteiger partial charge on any atom is 0.223 e. The maximum absolute atomic E-state index is 12.8. The first-order valence-corrected chi connectivity index (χ1v) is 9.08. The van der Waals surface area contributed by atoms with E-state index in [0.29, 0.717) is 25.3 Å². The number of ether oxygens (including phenoxy) is 2. The fourth-order valence-corrected chi connectivity index (χ4v) is 2.90. The van der Waals surface area contributed by atoms with Crippen LogP contribution in [0.25, 0.3) is 0 Å². The highest BCUT2D eigenvalue weighted by molar-refractivity contribution is 7.99. The molecule has 0 aromatic heterocycles. The highest BCUT2D eigenvalue weighted by Crippen LogP contribution is 2.18. The van der Waals surface area contributed by atoms with Crippen LogP contribution in [-0.2, 0) is 4.79 Å². The van der Waals surface area contributed by atoms with E-state index >= 15 is 0 Å². The van der Waals surface area contributed by atoms with Crippen LogP contribution in [0.1, 0.15) is 12.8 Å². The summed E-state index contributed by atoms with van der Waals surface area (Å²) in [5.74, 6) is 2.09. The lowest BCUT2D eigenvalue weighted by Crippen LogP contribution is -2.26. The SMILES string of the molecule is COc1ccc(OCCC(=O)NCCCSc2ccc(F)cc2)cc1. The van der Waals surface area contributed by atoms with Gasteiger partial charge in [-0.1, -0.05) is 0 Å². The summed E-state index contributed by atoms with van der Waals surface area (Å²) >= 11 is 1.65. The molecule has 25 heavy (non-hydrogen) atoms. The molecule has 1 amide bonds. The van der Waals surface area contributed by atoms with Crippen molar-refractivity contribution in [2.24, 2.45) is 0 Å². The predicted molar refractivity (Wildman–Crippen MR) is 97.9 cm³/mol. The standard InChI is InChI=1S/C19H22FNO3S/c1-23-16-5-7-17(8-6-16)24-13-11-19(22)21-12-2-14-25-18-9-3-15(20)4-10-18/h3-10H,2,11-14H2,1H3,(H,21,22). The van der Waals surface area contributed by atoms with E-state index in [0.717, 1.165) is 22.8 Å². The molecule has 0 aliphatic rings. The number of hydrogen-bond donors (Lipinski definition) is 1. The van der Waals surface area contributed by atoms with Crippen molar-refractivity contribution in [3.05, 3.63) is 54.3 Å². The summed E-state index contributed by atoms with van der Waals surface area (Å²) < 4.78 is 23.4. The van der Waals surface area contributed by atoms with Crippen LogP contribution in [0, 0.1) is 5.82 Å². The van der Waals surface area contributed by atoms with E-state index < -0.39 is 0 Å². The fraction of sp³-hybridized carbons (Fsp3) is 0.316. The Balaban J connectivity index is 1.52. The van der Waals surface area contributed by atoms with Crippen LogP contribution in [0.3, 0.4) is 0 Å². The normalized spacial score (nSPS) is 10.3. The Bertz CT molecular complexity index is 647. The van der Waals surface area contributed by atoms with Crippen molar-refractivity contribution in [1.82, 2.24) is 5.32 Å². The van der Waals surface area contributed by atoms with Gasteiger partial charge in [0, 0.05) is 11.4 Å². The van der Waals surface area contributed by atoms with Crippen molar-refractivity contribution in [2.75, 3.05) is 26.0 Å². The number of carbonyl (C=O) groups is 1. The van der Waals surface area contributed by atoms with Gasteiger partial charge in [-0.3, -0.25) is 4.79 Å². The molecule has 0 heterocycles. The molecule has 0 radical (unpaired) electrons. The molecule has 0 saturated carbocycles. The lowest BCUT2D eigenvalue weighted by Gasteiger charge is -2.08. The molecule has 1 N–H and O–H groups in total. The average molecular weight is 363 g/mol. The van der Waals surface area contributed by atoms with Crippen molar-refractivity contribution in [3.63, 3.8) is 0 Å². The van der Waals surface area contributed by atoms with Gasteiger partial charge in [0.2, 0.25) is 5.91 Å². The molecule has 0 saturated heterocycles. The molecule has 0 bridgehead atoms. The fourth-order valence-electron chi connectivity index (χ4n) is 2.04. The molecular formula is C19H22FNO3S. The van der Waals surface area contributed by atoms with Crippen molar-refractivity contribution in [3.8, 4) is 11.5 Å². The first-order chi connectivity index (χ1) is 12.2. The summed E-state index contributed by atoms with van der Waals surface area (Å²) in [6.45, 7) is 0.956. The second-order valence-electron chi connectivity index (χ2n) is 5.28. The van der Waals surface area contributed by atoms with Crippen LogP contribution in [0.5, 0.6) is 11.5 Å². The third-order valence-electron chi connectivity index (χ3n) is 3.38. The largest absolute Gasteiger partial charge is 0.497 e. The third kappa shape index (κ3) is 7.47. The summed E-state index contributed by atoms with van der Waals surface area (Å²) in [4.78, 5) is 12.8. The van der Waals surface area contributed by atoms with Crippen LogP contribution >= 0.6 is 11.8 Å². The number of rotatable bonds is 10. The van der Waals surface area contributed by atoms with E-state index in [-0.39, 0.29) is 11.7 Å². The number of hydrogen-bond acceptors (Lipinski definition) is 4. The Morgan fingerprint density at radius 2 is 1.76 bits per heavy atom. The lowest BCUT2D eigenvalue weighted by atomic mass is 10.3. The first-order valence-electron chi connectivity index (χ1n) is 8.09. The monoisotopic (exact) mass is 363 g/mol. The van der Waals surface area contributed by atoms with Gasteiger partial charge in [0.1, 0.15) is 17.3 Å². The van der Waals surface area contributed by atoms with E-state index in [9.17, 15) is 9.18 Å². The van der Waals surface area contributed by atoms with Crippen LogP contribution in [0.4, 0.5) is 4.39 Å². The highest BCUT2D eigenvalue weighted by Gasteiger charge is 2.02. The molecule has 4 nitrogen and oxygen atoms in total. The van der Waals surface area contributed by atoms with Crippen molar-refractivity contribution < 1.29 is 18.7 Å². The van der Waals surface area contributed by atoms with Gasteiger partial charge in [0.15, 0.2) is 0 Å². The number of nitrogens with one attached hydrogen (secondary N) is 1. The van der Waals surface area contributed by atoms with Crippen LogP contribution in [0.2, 0.25) is 0 Å². The lowest BCUT2D eigenvalue weighted by molar-refractivity contribution is -0.121. The molecule has 0 aliphatic heterocycles. The number of carbonyl (C=O) groups excluding carboxylic acids is 1. The molecule has 134 valence electrons. The van der Waals surface area contributed by atoms with E-state index in [1.165, 1.54) is 12.1 Å². The van der Waals surface area contributed by atoms with Crippen molar-refractivity contribution >= 4 is 17.7 Å². The minimum Gasteiger partial charge on any atom is -0.497 e. The summed E-state index contributed by atoms with van der Waals surface area (Å²) in [5, 5.41) is 2.87. The number of thioether (sulfide) groups is 1. The summed E-state index contributed by atoms with van der Waals surface area (Å²) in [5.41, 5.74) is 0. The summed E-state index contributed by atoms with van der Waals surface area (Å²) in [6, 6.07) is 13.7. The Hall–Kier alpha value is -2.21. The van der Waals surface area contributed by atoms with Crippen LogP contribution in [-0.4, -0.2) is 31.9 Å². The minimum absolute atomic E-state index is 0.0275. The third-order valence-corrected chi connectivity index (χ3v) is 4.48. The molecule has 0 unspecified atom stereocenters. The Morgan fingerprint density at radius 1 is 1.08 bits per heavy atom. The summed E-state index contributed by atoms with van der Waals surface area (Å²) in [7, 11) is 1.61. The van der Waals surface area contributed by atoms with Gasteiger partial charge < -0.3 is 14.8 Å². The molecule has 2 rings (SSSR count). The molecule has 0 fully saturated rings. The van der Waals surface area contributed by atoms with Crippen LogP contribution in [0.15, 0.2) is 53.4 Å². The molecule has 0 atom stereocenters. The Morgan fingerprint density at radius 3 is 2.44 bits per heavy atom. The number of benzene rings is 2. The number of halogens is 1. The zero-order valence-electron chi connectivity index (χ0n) is 14.2. The van der Waals surface area contributed by atoms with E-state index in [1.54, 1.807) is 31.0 Å². The first kappa shape index (κ1) is 19.1. The Kier molecular flexibility index (Phi) is 8.12. The van der Waals surface area contributed by atoms with Gasteiger partial charge in [0.25, 0.3) is 0 Å². The van der Waals surface area contributed by atoms with Crippen LogP contribution < -0.4 is 14.8 Å². The van der Waals surface area contributed by atoms with E-state index in [2.05, 4.69) is 5.32 Å². The maximum atomic E-state index is 12.8. The van der Waals surface area contributed by atoms with Gasteiger partial charge in [-0.05, 0) is 60.7 Å². The van der Waals surface area contributed by atoms with Gasteiger partial charge in [-0.15, -0.1) is 11.8 Å². The minimum atomic E-state index is -0.228.